The molecule has 22 heavy (non-hydrogen) atoms. The SMILES string of the molecule is CC(C)n1cc(S(=O)(=O)N2CCCC2c2ncccn2)cn1. The van der Waals surface area contributed by atoms with Crippen LogP contribution in [0.25, 0.3) is 0 Å². The zero-order valence-corrected chi connectivity index (χ0v) is 13.4. The summed E-state index contributed by atoms with van der Waals surface area (Å²) in [5.41, 5.74) is 0. The van der Waals surface area contributed by atoms with Crippen molar-refractivity contribution in [2.45, 2.75) is 43.7 Å². The van der Waals surface area contributed by atoms with E-state index >= 15 is 0 Å². The van der Waals surface area contributed by atoms with Gasteiger partial charge >= 0.3 is 0 Å². The average Bonchev–Trinajstić information content (AvgIpc) is 3.18. The van der Waals surface area contributed by atoms with Gasteiger partial charge in [0.2, 0.25) is 10.0 Å². The molecule has 1 saturated heterocycles. The molecule has 0 spiro atoms. The van der Waals surface area contributed by atoms with Gasteiger partial charge in [-0.2, -0.15) is 9.40 Å². The molecule has 118 valence electrons. The predicted octanol–water partition coefficient (Wildman–Crippen LogP) is 1.78. The van der Waals surface area contributed by atoms with Gasteiger partial charge in [0.25, 0.3) is 0 Å². The molecule has 2 aromatic rings. The first-order chi connectivity index (χ1) is 10.5. The third-order valence-electron chi connectivity index (χ3n) is 3.80. The maximum absolute atomic E-state index is 12.9. The summed E-state index contributed by atoms with van der Waals surface area (Å²) in [7, 11) is -3.58. The smallest absolute Gasteiger partial charge is 0.246 e. The average molecular weight is 321 g/mol. The van der Waals surface area contributed by atoms with E-state index in [1.54, 1.807) is 29.3 Å². The lowest BCUT2D eigenvalue weighted by Crippen LogP contribution is -2.31. The van der Waals surface area contributed by atoms with Crippen molar-refractivity contribution in [2.75, 3.05) is 6.54 Å². The zero-order valence-electron chi connectivity index (χ0n) is 12.6. The topological polar surface area (TPSA) is 81.0 Å². The van der Waals surface area contributed by atoms with Crippen molar-refractivity contribution in [1.29, 1.82) is 0 Å². The van der Waals surface area contributed by atoms with E-state index in [2.05, 4.69) is 15.1 Å². The second-order valence-corrected chi connectivity index (χ2v) is 7.52. The molecule has 0 radical (unpaired) electrons. The summed E-state index contributed by atoms with van der Waals surface area (Å²) >= 11 is 0. The van der Waals surface area contributed by atoms with Crippen LogP contribution in [0.15, 0.2) is 35.7 Å². The van der Waals surface area contributed by atoms with Crippen LogP contribution in [-0.4, -0.2) is 39.0 Å². The Labute approximate surface area is 130 Å². The van der Waals surface area contributed by atoms with Crippen molar-refractivity contribution in [3.8, 4) is 0 Å². The molecular formula is C14H19N5O2S. The van der Waals surface area contributed by atoms with Crippen LogP contribution >= 0.6 is 0 Å². The van der Waals surface area contributed by atoms with E-state index in [9.17, 15) is 8.42 Å². The van der Waals surface area contributed by atoms with Gasteiger partial charge in [-0.15, -0.1) is 0 Å². The Bertz CT molecular complexity index is 742. The summed E-state index contributed by atoms with van der Waals surface area (Å²) in [6.45, 7) is 4.40. The summed E-state index contributed by atoms with van der Waals surface area (Å²) in [6.07, 6.45) is 7.82. The second kappa shape index (κ2) is 5.77. The molecule has 7 nitrogen and oxygen atoms in total. The van der Waals surface area contributed by atoms with Gasteiger partial charge in [-0.25, -0.2) is 18.4 Å². The fraction of sp³-hybridized carbons (Fsp3) is 0.500. The van der Waals surface area contributed by atoms with Gasteiger partial charge in [-0.05, 0) is 32.8 Å². The highest BCUT2D eigenvalue weighted by atomic mass is 32.2. The Morgan fingerprint density at radius 1 is 1.27 bits per heavy atom. The summed E-state index contributed by atoms with van der Waals surface area (Å²) < 4.78 is 28.9. The standard InChI is InChI=1S/C14H19N5O2S/c1-11(2)18-10-12(9-17-18)22(20,21)19-8-3-5-13(19)14-15-6-4-7-16-14/h4,6-7,9-11,13H,3,5,8H2,1-2H3. The molecular weight excluding hydrogens is 302 g/mol. The summed E-state index contributed by atoms with van der Waals surface area (Å²) in [5.74, 6) is 0.555. The minimum atomic E-state index is -3.58. The Kier molecular flexibility index (Phi) is 3.96. The van der Waals surface area contributed by atoms with Gasteiger partial charge < -0.3 is 0 Å². The van der Waals surface area contributed by atoms with Crippen LogP contribution in [0.2, 0.25) is 0 Å². The highest BCUT2D eigenvalue weighted by molar-refractivity contribution is 7.89. The number of aromatic nitrogens is 4. The largest absolute Gasteiger partial charge is 0.269 e. The van der Waals surface area contributed by atoms with E-state index in [0.717, 1.165) is 12.8 Å². The number of rotatable bonds is 4. The first-order valence-corrected chi connectivity index (χ1v) is 8.77. The first-order valence-electron chi connectivity index (χ1n) is 7.33. The predicted molar refractivity (Wildman–Crippen MR) is 80.5 cm³/mol. The molecule has 1 atom stereocenters. The monoisotopic (exact) mass is 321 g/mol. The van der Waals surface area contributed by atoms with Gasteiger partial charge in [0, 0.05) is 31.2 Å². The van der Waals surface area contributed by atoms with E-state index in [0.29, 0.717) is 12.4 Å². The molecule has 0 saturated carbocycles. The number of nitrogens with zero attached hydrogens (tertiary/aromatic N) is 5. The Balaban J connectivity index is 1.93. The van der Waals surface area contributed by atoms with Gasteiger partial charge in [0.05, 0.1) is 12.2 Å². The van der Waals surface area contributed by atoms with E-state index in [1.807, 2.05) is 13.8 Å². The van der Waals surface area contributed by atoms with Gasteiger partial charge in [-0.3, -0.25) is 4.68 Å². The second-order valence-electron chi connectivity index (χ2n) is 5.63. The van der Waals surface area contributed by atoms with Crippen molar-refractivity contribution >= 4 is 10.0 Å². The number of hydrogen-bond donors (Lipinski definition) is 0. The fourth-order valence-corrected chi connectivity index (χ4v) is 4.24. The van der Waals surface area contributed by atoms with E-state index in [1.165, 1.54) is 10.5 Å². The van der Waals surface area contributed by atoms with E-state index in [-0.39, 0.29) is 17.0 Å². The van der Waals surface area contributed by atoms with Crippen LogP contribution in [-0.2, 0) is 10.0 Å². The molecule has 2 aromatic heterocycles. The third kappa shape index (κ3) is 2.64. The zero-order chi connectivity index (χ0) is 15.7. The van der Waals surface area contributed by atoms with Gasteiger partial charge in [0.1, 0.15) is 10.7 Å². The Morgan fingerprint density at radius 2 is 2.00 bits per heavy atom. The van der Waals surface area contributed by atoms with Crippen molar-refractivity contribution in [3.63, 3.8) is 0 Å². The van der Waals surface area contributed by atoms with Crippen molar-refractivity contribution in [3.05, 3.63) is 36.7 Å². The lowest BCUT2D eigenvalue weighted by Gasteiger charge is -2.22. The third-order valence-corrected chi connectivity index (χ3v) is 5.66. The van der Waals surface area contributed by atoms with Crippen molar-refractivity contribution in [2.24, 2.45) is 0 Å². The molecule has 0 bridgehead atoms. The summed E-state index contributed by atoms with van der Waals surface area (Å²) in [4.78, 5) is 8.65. The molecule has 1 aliphatic rings. The van der Waals surface area contributed by atoms with E-state index in [4.69, 9.17) is 0 Å². The minimum Gasteiger partial charge on any atom is -0.269 e. The van der Waals surface area contributed by atoms with Crippen LogP contribution in [0.4, 0.5) is 0 Å². The van der Waals surface area contributed by atoms with Crippen LogP contribution in [0, 0.1) is 0 Å². The number of hydrogen-bond acceptors (Lipinski definition) is 5. The molecule has 3 rings (SSSR count). The van der Waals surface area contributed by atoms with Crippen LogP contribution in [0.5, 0.6) is 0 Å². The Hall–Kier alpha value is -1.80. The lowest BCUT2D eigenvalue weighted by molar-refractivity contribution is 0.383. The highest BCUT2D eigenvalue weighted by Gasteiger charge is 2.38. The maximum atomic E-state index is 12.9. The quantitative estimate of drug-likeness (QED) is 0.857. The first kappa shape index (κ1) is 15.1. The molecule has 8 heteroatoms. The molecule has 1 aliphatic heterocycles. The van der Waals surface area contributed by atoms with Gasteiger partial charge in [-0.1, -0.05) is 0 Å². The van der Waals surface area contributed by atoms with Crippen molar-refractivity contribution in [1.82, 2.24) is 24.1 Å². The van der Waals surface area contributed by atoms with Crippen LogP contribution < -0.4 is 0 Å². The molecule has 0 amide bonds. The summed E-state index contributed by atoms with van der Waals surface area (Å²) in [5, 5.41) is 4.13. The molecule has 0 aliphatic carbocycles. The van der Waals surface area contributed by atoms with Gasteiger partial charge in [0.15, 0.2) is 0 Å². The number of sulfonamides is 1. The van der Waals surface area contributed by atoms with E-state index < -0.39 is 10.0 Å². The Morgan fingerprint density at radius 3 is 2.64 bits per heavy atom. The molecule has 1 unspecified atom stereocenters. The van der Waals surface area contributed by atoms with Crippen LogP contribution in [0.1, 0.15) is 44.6 Å². The normalized spacial score (nSPS) is 19.9. The molecule has 3 heterocycles. The molecule has 1 fully saturated rings. The minimum absolute atomic E-state index is 0.121. The molecule has 0 N–H and O–H groups in total. The maximum Gasteiger partial charge on any atom is 0.246 e. The highest BCUT2D eigenvalue weighted by Crippen LogP contribution is 2.34. The fourth-order valence-electron chi connectivity index (χ4n) is 2.64. The molecule has 0 aromatic carbocycles. The van der Waals surface area contributed by atoms with Crippen LogP contribution in [0.3, 0.4) is 0 Å². The van der Waals surface area contributed by atoms with Crippen molar-refractivity contribution < 1.29 is 8.42 Å². The summed E-state index contributed by atoms with van der Waals surface area (Å²) in [6, 6.07) is 1.55. The lowest BCUT2D eigenvalue weighted by atomic mass is 10.2.